The van der Waals surface area contributed by atoms with Gasteiger partial charge in [-0.25, -0.2) is 0 Å². The minimum absolute atomic E-state index is 0.0589. The van der Waals surface area contributed by atoms with E-state index in [1.165, 1.54) is 6.92 Å². The van der Waals surface area contributed by atoms with Crippen molar-refractivity contribution in [2.75, 3.05) is 5.32 Å². The van der Waals surface area contributed by atoms with Crippen LogP contribution in [0.3, 0.4) is 0 Å². The number of benzene rings is 2. The van der Waals surface area contributed by atoms with E-state index in [4.69, 9.17) is 0 Å². The van der Waals surface area contributed by atoms with E-state index < -0.39 is 0 Å². The van der Waals surface area contributed by atoms with Crippen molar-refractivity contribution >= 4 is 23.7 Å². The summed E-state index contributed by atoms with van der Waals surface area (Å²) in [6.45, 7) is 1.47. The largest absolute Gasteiger partial charge is 0.322 e. The second-order valence-corrected chi connectivity index (χ2v) is 4.33. The smallest absolute Gasteiger partial charge is 0.255 e. The fourth-order valence-electron chi connectivity index (χ4n) is 1.73. The summed E-state index contributed by atoms with van der Waals surface area (Å²) in [6, 6.07) is 13.0. The van der Waals surface area contributed by atoms with E-state index >= 15 is 0 Å². The molecule has 0 heterocycles. The van der Waals surface area contributed by atoms with Crippen molar-refractivity contribution in [1.29, 1.82) is 0 Å². The molecule has 0 saturated carbocycles. The van der Waals surface area contributed by atoms with Gasteiger partial charge >= 0.3 is 0 Å². The Kier molecular flexibility index (Phi) is 4.05. The molecule has 20 heavy (non-hydrogen) atoms. The standard InChI is InChI=1S/C16H13NO3/c1-11(19)14-3-2-4-15(9-14)17-16(20)13-7-5-12(10-18)6-8-13/h2-10H,1H3,(H,17,20). The number of carbonyl (C=O) groups is 3. The van der Waals surface area contributed by atoms with Gasteiger partial charge in [-0.2, -0.15) is 0 Å². The van der Waals surface area contributed by atoms with Gasteiger partial charge in [0.05, 0.1) is 0 Å². The molecule has 0 bridgehead atoms. The number of nitrogens with one attached hydrogen (secondary N) is 1. The number of Topliss-reactive ketones (excluding diaryl/α,β-unsaturated/α-hetero) is 1. The Hall–Kier alpha value is -2.75. The summed E-state index contributed by atoms with van der Waals surface area (Å²) < 4.78 is 0. The Morgan fingerprint density at radius 2 is 1.70 bits per heavy atom. The molecule has 1 N–H and O–H groups in total. The van der Waals surface area contributed by atoms with Crippen LogP contribution in [0, 0.1) is 0 Å². The average Bonchev–Trinajstić information content (AvgIpc) is 2.47. The Morgan fingerprint density at radius 1 is 1.00 bits per heavy atom. The van der Waals surface area contributed by atoms with E-state index in [1.54, 1.807) is 48.5 Å². The number of hydrogen-bond donors (Lipinski definition) is 1. The molecule has 0 aliphatic heterocycles. The van der Waals surface area contributed by atoms with Gasteiger partial charge < -0.3 is 5.32 Å². The Morgan fingerprint density at radius 3 is 2.30 bits per heavy atom. The third-order valence-corrected chi connectivity index (χ3v) is 2.84. The third-order valence-electron chi connectivity index (χ3n) is 2.84. The maximum Gasteiger partial charge on any atom is 0.255 e. The number of amides is 1. The maximum absolute atomic E-state index is 12.0. The molecular weight excluding hydrogens is 254 g/mol. The zero-order valence-corrected chi connectivity index (χ0v) is 10.9. The van der Waals surface area contributed by atoms with Gasteiger partial charge in [0, 0.05) is 22.4 Å². The highest BCUT2D eigenvalue weighted by Gasteiger charge is 2.07. The highest BCUT2D eigenvalue weighted by molar-refractivity contribution is 6.05. The van der Waals surface area contributed by atoms with Crippen LogP contribution in [0.25, 0.3) is 0 Å². The van der Waals surface area contributed by atoms with Crippen molar-refractivity contribution in [2.24, 2.45) is 0 Å². The summed E-state index contributed by atoms with van der Waals surface area (Å²) in [5.74, 6) is -0.348. The van der Waals surface area contributed by atoms with E-state index in [2.05, 4.69) is 5.32 Å². The summed E-state index contributed by atoms with van der Waals surface area (Å²) in [5.41, 5.74) is 2.06. The number of rotatable bonds is 4. The molecule has 0 aliphatic carbocycles. The first-order valence-corrected chi connectivity index (χ1v) is 6.08. The van der Waals surface area contributed by atoms with Crippen LogP contribution in [0.4, 0.5) is 5.69 Å². The van der Waals surface area contributed by atoms with Gasteiger partial charge in [0.25, 0.3) is 5.91 Å². The first-order chi connectivity index (χ1) is 9.60. The highest BCUT2D eigenvalue weighted by Crippen LogP contribution is 2.13. The quantitative estimate of drug-likeness (QED) is 0.684. The lowest BCUT2D eigenvalue weighted by Crippen LogP contribution is -2.12. The second kappa shape index (κ2) is 5.93. The maximum atomic E-state index is 12.0. The number of carbonyl (C=O) groups excluding carboxylic acids is 3. The minimum atomic E-state index is -0.289. The van der Waals surface area contributed by atoms with E-state index in [-0.39, 0.29) is 11.7 Å². The molecule has 100 valence electrons. The number of aldehydes is 1. The van der Waals surface area contributed by atoms with Crippen molar-refractivity contribution in [3.05, 3.63) is 65.2 Å². The van der Waals surface area contributed by atoms with E-state index in [0.29, 0.717) is 22.4 Å². The molecule has 0 radical (unpaired) electrons. The van der Waals surface area contributed by atoms with Crippen LogP contribution in [-0.4, -0.2) is 18.0 Å². The van der Waals surface area contributed by atoms with Crippen LogP contribution in [0.15, 0.2) is 48.5 Å². The predicted molar refractivity (Wildman–Crippen MR) is 76.2 cm³/mol. The molecule has 4 heteroatoms. The van der Waals surface area contributed by atoms with E-state index in [9.17, 15) is 14.4 Å². The number of hydrogen-bond acceptors (Lipinski definition) is 3. The van der Waals surface area contributed by atoms with Crippen LogP contribution >= 0.6 is 0 Å². The van der Waals surface area contributed by atoms with Gasteiger partial charge in [-0.1, -0.05) is 24.3 Å². The second-order valence-electron chi connectivity index (χ2n) is 4.33. The fourth-order valence-corrected chi connectivity index (χ4v) is 1.73. The van der Waals surface area contributed by atoms with Crippen LogP contribution in [0.5, 0.6) is 0 Å². The third kappa shape index (κ3) is 3.17. The Balaban J connectivity index is 2.16. The van der Waals surface area contributed by atoms with E-state index in [0.717, 1.165) is 6.29 Å². The van der Waals surface area contributed by atoms with Crippen molar-refractivity contribution < 1.29 is 14.4 Å². The molecule has 0 unspecified atom stereocenters. The van der Waals surface area contributed by atoms with Gasteiger partial charge in [-0.15, -0.1) is 0 Å². The van der Waals surface area contributed by atoms with Crippen LogP contribution in [0.2, 0.25) is 0 Å². The van der Waals surface area contributed by atoms with Crippen molar-refractivity contribution in [2.45, 2.75) is 6.92 Å². The van der Waals surface area contributed by atoms with Gasteiger partial charge in [0.15, 0.2) is 5.78 Å². The zero-order chi connectivity index (χ0) is 14.5. The van der Waals surface area contributed by atoms with E-state index in [1.807, 2.05) is 0 Å². The lowest BCUT2D eigenvalue weighted by Gasteiger charge is -2.06. The molecule has 0 aromatic heterocycles. The van der Waals surface area contributed by atoms with Gasteiger partial charge in [0.2, 0.25) is 0 Å². The van der Waals surface area contributed by atoms with Gasteiger partial charge in [-0.05, 0) is 31.2 Å². The molecule has 2 rings (SSSR count). The number of anilines is 1. The topological polar surface area (TPSA) is 63.2 Å². The molecule has 0 spiro atoms. The fraction of sp³-hybridized carbons (Fsp3) is 0.0625. The molecular formula is C16H13NO3. The molecule has 2 aromatic rings. The number of ketones is 1. The van der Waals surface area contributed by atoms with Crippen LogP contribution in [-0.2, 0) is 0 Å². The molecule has 4 nitrogen and oxygen atoms in total. The average molecular weight is 267 g/mol. The Bertz CT molecular complexity index is 660. The van der Waals surface area contributed by atoms with Gasteiger partial charge in [0.1, 0.15) is 6.29 Å². The van der Waals surface area contributed by atoms with Crippen molar-refractivity contribution in [3.8, 4) is 0 Å². The molecule has 0 fully saturated rings. The zero-order valence-electron chi connectivity index (χ0n) is 10.9. The minimum Gasteiger partial charge on any atom is -0.322 e. The lowest BCUT2D eigenvalue weighted by molar-refractivity contribution is 0.101. The molecule has 0 aliphatic rings. The Labute approximate surface area is 116 Å². The highest BCUT2D eigenvalue weighted by atomic mass is 16.1. The summed E-state index contributed by atoms with van der Waals surface area (Å²) in [7, 11) is 0. The molecule has 2 aromatic carbocycles. The van der Waals surface area contributed by atoms with Crippen molar-refractivity contribution in [1.82, 2.24) is 0 Å². The molecule has 1 amide bonds. The summed E-state index contributed by atoms with van der Waals surface area (Å²) >= 11 is 0. The normalized spacial score (nSPS) is 9.85. The molecule has 0 atom stereocenters. The summed E-state index contributed by atoms with van der Waals surface area (Å²) in [4.78, 5) is 33.8. The van der Waals surface area contributed by atoms with Crippen molar-refractivity contribution in [3.63, 3.8) is 0 Å². The monoisotopic (exact) mass is 267 g/mol. The predicted octanol–water partition coefficient (Wildman–Crippen LogP) is 2.95. The van der Waals surface area contributed by atoms with Crippen LogP contribution < -0.4 is 5.32 Å². The van der Waals surface area contributed by atoms with Crippen LogP contribution in [0.1, 0.15) is 38.0 Å². The summed E-state index contributed by atoms with van der Waals surface area (Å²) in [6.07, 6.45) is 0.720. The SMILES string of the molecule is CC(=O)c1cccc(NC(=O)c2ccc(C=O)cc2)c1. The molecule has 0 saturated heterocycles. The summed E-state index contributed by atoms with van der Waals surface area (Å²) in [5, 5.41) is 2.71. The lowest BCUT2D eigenvalue weighted by atomic mass is 10.1. The first-order valence-electron chi connectivity index (χ1n) is 6.08. The first kappa shape index (κ1) is 13.7. The van der Waals surface area contributed by atoms with Gasteiger partial charge in [-0.3, -0.25) is 14.4 Å².